The van der Waals surface area contributed by atoms with Gasteiger partial charge in [-0.1, -0.05) is 24.3 Å². The van der Waals surface area contributed by atoms with E-state index in [1.54, 1.807) is 4.90 Å². The van der Waals surface area contributed by atoms with Crippen LogP contribution in [0.15, 0.2) is 24.3 Å². The summed E-state index contributed by atoms with van der Waals surface area (Å²) >= 11 is 0. The molecule has 1 unspecified atom stereocenters. The molecular formula is C12H15NO3. The van der Waals surface area contributed by atoms with E-state index in [-0.39, 0.29) is 12.6 Å². The maximum atomic E-state index is 10.7. The molecule has 16 heavy (non-hydrogen) atoms. The fourth-order valence-corrected chi connectivity index (χ4v) is 2.05. The van der Waals surface area contributed by atoms with Gasteiger partial charge >= 0.3 is 5.97 Å². The van der Waals surface area contributed by atoms with Crippen molar-refractivity contribution in [3.8, 4) is 0 Å². The zero-order chi connectivity index (χ0) is 11.5. The molecule has 0 aliphatic carbocycles. The van der Waals surface area contributed by atoms with Gasteiger partial charge in [-0.05, 0) is 18.2 Å². The summed E-state index contributed by atoms with van der Waals surface area (Å²) in [6, 6.07) is 8.06. The molecule has 0 radical (unpaired) electrons. The van der Waals surface area contributed by atoms with Crippen molar-refractivity contribution in [3.63, 3.8) is 0 Å². The normalized spacial score (nSPS) is 19.5. The van der Waals surface area contributed by atoms with Crippen LogP contribution in [0.3, 0.4) is 0 Å². The smallest absolute Gasteiger partial charge is 0.317 e. The van der Waals surface area contributed by atoms with Crippen LogP contribution in [-0.4, -0.2) is 36.2 Å². The van der Waals surface area contributed by atoms with Gasteiger partial charge in [0.1, 0.15) is 0 Å². The number of fused-ring (bicyclic) bond motifs is 1. The Bertz CT molecular complexity index is 392. The molecule has 0 amide bonds. The topological polar surface area (TPSA) is 49.8 Å². The highest BCUT2D eigenvalue weighted by Gasteiger charge is 2.24. The van der Waals surface area contributed by atoms with Gasteiger partial charge < -0.3 is 9.84 Å². The molecule has 1 aliphatic rings. The Morgan fingerprint density at radius 1 is 1.56 bits per heavy atom. The Kier molecular flexibility index (Phi) is 3.22. The molecule has 86 valence electrons. The molecule has 0 bridgehead atoms. The van der Waals surface area contributed by atoms with Gasteiger partial charge in [0.15, 0.2) is 0 Å². The number of carbonyl (C=O) groups is 1. The number of rotatable bonds is 3. The Balaban J connectivity index is 2.21. The van der Waals surface area contributed by atoms with Gasteiger partial charge in [0.05, 0.1) is 25.8 Å². The Morgan fingerprint density at radius 2 is 2.31 bits per heavy atom. The van der Waals surface area contributed by atoms with Crippen LogP contribution in [0.2, 0.25) is 0 Å². The van der Waals surface area contributed by atoms with Crippen LogP contribution in [0, 0.1) is 0 Å². The minimum Gasteiger partial charge on any atom is -0.480 e. The second-order valence-electron chi connectivity index (χ2n) is 4.04. The van der Waals surface area contributed by atoms with Crippen LogP contribution >= 0.6 is 0 Å². The largest absolute Gasteiger partial charge is 0.480 e. The first-order valence-corrected chi connectivity index (χ1v) is 5.26. The number of benzene rings is 1. The summed E-state index contributed by atoms with van der Waals surface area (Å²) in [6.07, 6.45) is 0. The number of carboxylic acid groups (broad SMARTS) is 1. The molecule has 4 heteroatoms. The molecule has 1 aliphatic heterocycles. The third-order valence-corrected chi connectivity index (χ3v) is 2.86. The molecule has 4 nitrogen and oxygen atoms in total. The molecule has 1 atom stereocenters. The average molecular weight is 221 g/mol. The van der Waals surface area contributed by atoms with E-state index in [0.717, 1.165) is 5.56 Å². The number of hydrogen-bond donors (Lipinski definition) is 1. The molecule has 0 spiro atoms. The van der Waals surface area contributed by atoms with Crippen LogP contribution in [-0.2, 0) is 16.1 Å². The van der Waals surface area contributed by atoms with Crippen LogP contribution in [0.4, 0.5) is 0 Å². The van der Waals surface area contributed by atoms with Crippen molar-refractivity contribution in [1.82, 2.24) is 4.90 Å². The number of aliphatic carboxylic acids is 1. The summed E-state index contributed by atoms with van der Waals surface area (Å²) < 4.78 is 5.48. The number of hydrogen-bond acceptors (Lipinski definition) is 3. The summed E-state index contributed by atoms with van der Waals surface area (Å²) in [5.41, 5.74) is 2.33. The van der Waals surface area contributed by atoms with Crippen LogP contribution in [0.5, 0.6) is 0 Å². The first kappa shape index (κ1) is 11.1. The third kappa shape index (κ3) is 2.23. The summed E-state index contributed by atoms with van der Waals surface area (Å²) in [5, 5.41) is 8.78. The van der Waals surface area contributed by atoms with E-state index >= 15 is 0 Å². The SMILES string of the molecule is CN(CC(=O)O)C1COCc2ccccc21. The van der Waals surface area contributed by atoms with Crippen molar-refractivity contribution in [2.75, 3.05) is 20.2 Å². The Morgan fingerprint density at radius 3 is 3.06 bits per heavy atom. The molecular weight excluding hydrogens is 206 g/mol. The molecule has 0 aromatic heterocycles. The highest BCUT2D eigenvalue weighted by atomic mass is 16.5. The lowest BCUT2D eigenvalue weighted by Crippen LogP contribution is -2.35. The van der Waals surface area contributed by atoms with Gasteiger partial charge in [-0.2, -0.15) is 0 Å². The van der Waals surface area contributed by atoms with Gasteiger partial charge in [0.25, 0.3) is 0 Å². The van der Waals surface area contributed by atoms with Gasteiger partial charge in [-0.15, -0.1) is 0 Å². The fourth-order valence-electron chi connectivity index (χ4n) is 2.05. The van der Waals surface area contributed by atoms with E-state index in [4.69, 9.17) is 9.84 Å². The molecule has 1 N–H and O–H groups in total. The maximum Gasteiger partial charge on any atom is 0.317 e. The second-order valence-corrected chi connectivity index (χ2v) is 4.04. The summed E-state index contributed by atoms with van der Waals surface area (Å²) in [6.45, 7) is 1.21. The lowest BCUT2D eigenvalue weighted by Gasteiger charge is -2.32. The fraction of sp³-hybridized carbons (Fsp3) is 0.417. The van der Waals surface area contributed by atoms with E-state index in [0.29, 0.717) is 13.2 Å². The lowest BCUT2D eigenvalue weighted by atomic mass is 9.98. The van der Waals surface area contributed by atoms with Crippen LogP contribution in [0.25, 0.3) is 0 Å². The first-order chi connectivity index (χ1) is 7.68. The molecule has 1 heterocycles. The summed E-state index contributed by atoms with van der Waals surface area (Å²) in [4.78, 5) is 12.5. The molecule has 0 fully saturated rings. The number of nitrogens with zero attached hydrogens (tertiary/aromatic N) is 1. The van der Waals surface area contributed by atoms with Crippen molar-refractivity contribution < 1.29 is 14.6 Å². The van der Waals surface area contributed by atoms with Gasteiger partial charge in [0.2, 0.25) is 0 Å². The Hall–Kier alpha value is -1.39. The van der Waals surface area contributed by atoms with E-state index in [1.807, 2.05) is 31.3 Å². The van der Waals surface area contributed by atoms with Crippen molar-refractivity contribution in [2.24, 2.45) is 0 Å². The van der Waals surface area contributed by atoms with Gasteiger partial charge in [-0.3, -0.25) is 9.69 Å². The third-order valence-electron chi connectivity index (χ3n) is 2.86. The monoisotopic (exact) mass is 221 g/mol. The highest BCUT2D eigenvalue weighted by Crippen LogP contribution is 2.28. The highest BCUT2D eigenvalue weighted by molar-refractivity contribution is 5.69. The van der Waals surface area contributed by atoms with Gasteiger partial charge in [0, 0.05) is 0 Å². The molecule has 2 rings (SSSR count). The van der Waals surface area contributed by atoms with E-state index < -0.39 is 5.97 Å². The Labute approximate surface area is 94.4 Å². The van der Waals surface area contributed by atoms with Crippen LogP contribution < -0.4 is 0 Å². The molecule has 0 saturated heterocycles. The van der Waals surface area contributed by atoms with Crippen molar-refractivity contribution >= 4 is 5.97 Å². The van der Waals surface area contributed by atoms with Crippen molar-refractivity contribution in [1.29, 1.82) is 0 Å². The van der Waals surface area contributed by atoms with Gasteiger partial charge in [-0.25, -0.2) is 0 Å². The molecule has 0 saturated carbocycles. The minimum absolute atomic E-state index is 0.0301. The number of likely N-dealkylation sites (N-methyl/N-ethyl adjacent to an activating group) is 1. The summed E-state index contributed by atoms with van der Waals surface area (Å²) in [5.74, 6) is -0.814. The predicted octanol–water partition coefficient (Wildman–Crippen LogP) is 1.27. The number of carboxylic acids is 1. The lowest BCUT2D eigenvalue weighted by molar-refractivity contribution is -0.139. The predicted molar refractivity (Wildman–Crippen MR) is 59.1 cm³/mol. The van der Waals surface area contributed by atoms with Crippen molar-refractivity contribution in [2.45, 2.75) is 12.6 Å². The second kappa shape index (κ2) is 4.63. The zero-order valence-electron chi connectivity index (χ0n) is 9.22. The van der Waals surface area contributed by atoms with E-state index in [1.165, 1.54) is 5.56 Å². The molecule has 1 aromatic carbocycles. The quantitative estimate of drug-likeness (QED) is 0.835. The minimum atomic E-state index is -0.814. The maximum absolute atomic E-state index is 10.7. The zero-order valence-corrected chi connectivity index (χ0v) is 9.22. The first-order valence-electron chi connectivity index (χ1n) is 5.26. The number of ether oxygens (including phenoxy) is 1. The average Bonchev–Trinajstić information content (AvgIpc) is 2.27. The standard InChI is InChI=1S/C12H15NO3/c1-13(6-12(14)15)11-8-16-7-9-4-2-3-5-10(9)11/h2-5,11H,6-8H2,1H3,(H,14,15). The van der Waals surface area contributed by atoms with E-state index in [2.05, 4.69) is 0 Å². The van der Waals surface area contributed by atoms with Crippen LogP contribution in [0.1, 0.15) is 17.2 Å². The summed E-state index contributed by atoms with van der Waals surface area (Å²) in [7, 11) is 1.81. The molecule has 1 aromatic rings. The van der Waals surface area contributed by atoms with E-state index in [9.17, 15) is 4.79 Å². The van der Waals surface area contributed by atoms with Crippen molar-refractivity contribution in [3.05, 3.63) is 35.4 Å².